The first kappa shape index (κ1) is 19.5. The van der Waals surface area contributed by atoms with Gasteiger partial charge >= 0.3 is 5.97 Å². The maximum atomic E-state index is 11.1. The van der Waals surface area contributed by atoms with Crippen LogP contribution in [0.4, 0.5) is 0 Å². The number of fused-ring (bicyclic) bond motifs is 1. The summed E-state index contributed by atoms with van der Waals surface area (Å²) in [4.78, 5) is 15.7. The molecule has 0 atom stereocenters. The Hall–Kier alpha value is -3.86. The van der Waals surface area contributed by atoms with Gasteiger partial charge < -0.3 is 14.6 Å². The summed E-state index contributed by atoms with van der Waals surface area (Å²) < 4.78 is 11.8. The number of carbonyl (C=O) groups is 1. The van der Waals surface area contributed by atoms with Crippen molar-refractivity contribution in [3.05, 3.63) is 101 Å². The van der Waals surface area contributed by atoms with E-state index in [1.54, 1.807) is 18.2 Å². The largest absolute Gasteiger partial charge is 0.489 e. The lowest BCUT2D eigenvalue weighted by atomic mass is 10.1. The number of benzene rings is 3. The standard InChI is InChI=1S/C25H21NO4/c1-17-13-20(25(27)28)10-12-24(17)30-15-18-5-4-7-22(14-18)29-16-21-11-9-19-6-2-3-8-23(19)26-21/h2-14H,15-16H2,1H3,(H,27,28). The van der Waals surface area contributed by atoms with Crippen molar-refractivity contribution < 1.29 is 19.4 Å². The Morgan fingerprint density at radius 2 is 1.77 bits per heavy atom. The van der Waals surface area contributed by atoms with Crippen LogP contribution in [0.1, 0.15) is 27.2 Å². The molecule has 0 aliphatic rings. The normalized spacial score (nSPS) is 10.7. The Kier molecular flexibility index (Phi) is 5.61. The number of hydrogen-bond acceptors (Lipinski definition) is 4. The van der Waals surface area contributed by atoms with E-state index in [1.807, 2.05) is 67.6 Å². The molecular formula is C25H21NO4. The molecule has 0 saturated carbocycles. The number of para-hydroxylation sites is 1. The molecule has 0 radical (unpaired) electrons. The highest BCUT2D eigenvalue weighted by Gasteiger charge is 2.07. The van der Waals surface area contributed by atoms with Gasteiger partial charge in [0.1, 0.15) is 24.7 Å². The summed E-state index contributed by atoms with van der Waals surface area (Å²) in [7, 11) is 0. The molecule has 0 aliphatic carbocycles. The third-order valence-electron chi connectivity index (χ3n) is 4.76. The molecule has 150 valence electrons. The van der Waals surface area contributed by atoms with Crippen molar-refractivity contribution in [3.63, 3.8) is 0 Å². The van der Waals surface area contributed by atoms with Gasteiger partial charge in [0, 0.05) is 5.39 Å². The van der Waals surface area contributed by atoms with E-state index in [-0.39, 0.29) is 5.56 Å². The van der Waals surface area contributed by atoms with E-state index in [4.69, 9.17) is 14.6 Å². The van der Waals surface area contributed by atoms with Gasteiger partial charge in [-0.2, -0.15) is 0 Å². The Morgan fingerprint density at radius 3 is 2.60 bits per heavy atom. The van der Waals surface area contributed by atoms with Gasteiger partial charge in [-0.05, 0) is 60.5 Å². The summed E-state index contributed by atoms with van der Waals surface area (Å²) in [6, 6.07) is 24.6. The van der Waals surface area contributed by atoms with Gasteiger partial charge in [-0.25, -0.2) is 9.78 Å². The third kappa shape index (κ3) is 4.58. The summed E-state index contributed by atoms with van der Waals surface area (Å²) in [5.74, 6) is 0.450. The van der Waals surface area contributed by atoms with Gasteiger partial charge in [0.05, 0.1) is 16.8 Å². The molecular weight excluding hydrogens is 378 g/mol. The number of carboxylic acid groups (broad SMARTS) is 1. The lowest BCUT2D eigenvalue weighted by Crippen LogP contribution is -2.01. The van der Waals surface area contributed by atoms with Crippen LogP contribution in [0.5, 0.6) is 11.5 Å². The molecule has 4 rings (SSSR count). The topological polar surface area (TPSA) is 68.7 Å². The van der Waals surface area contributed by atoms with Crippen molar-refractivity contribution in [2.45, 2.75) is 20.1 Å². The number of carboxylic acids is 1. The number of aromatic nitrogens is 1. The van der Waals surface area contributed by atoms with E-state index in [0.29, 0.717) is 19.0 Å². The van der Waals surface area contributed by atoms with Crippen LogP contribution >= 0.6 is 0 Å². The van der Waals surface area contributed by atoms with Gasteiger partial charge in [0.2, 0.25) is 0 Å². The molecule has 4 aromatic rings. The van der Waals surface area contributed by atoms with Gasteiger partial charge in [0.25, 0.3) is 0 Å². The number of rotatable bonds is 7. The van der Waals surface area contributed by atoms with Crippen LogP contribution in [0.2, 0.25) is 0 Å². The van der Waals surface area contributed by atoms with Crippen LogP contribution in [0.25, 0.3) is 10.9 Å². The second-order valence-corrected chi connectivity index (χ2v) is 7.01. The van der Waals surface area contributed by atoms with Crippen molar-refractivity contribution in [2.75, 3.05) is 0 Å². The van der Waals surface area contributed by atoms with E-state index in [0.717, 1.165) is 33.5 Å². The van der Waals surface area contributed by atoms with E-state index in [1.165, 1.54) is 0 Å². The second kappa shape index (κ2) is 8.66. The van der Waals surface area contributed by atoms with Gasteiger partial charge in [-0.3, -0.25) is 0 Å². The molecule has 1 heterocycles. The zero-order valence-electron chi connectivity index (χ0n) is 16.5. The smallest absolute Gasteiger partial charge is 0.335 e. The number of ether oxygens (including phenoxy) is 2. The van der Waals surface area contributed by atoms with Crippen LogP contribution in [-0.4, -0.2) is 16.1 Å². The summed E-state index contributed by atoms with van der Waals surface area (Å²) in [6.07, 6.45) is 0. The fourth-order valence-corrected chi connectivity index (χ4v) is 3.18. The highest BCUT2D eigenvalue weighted by atomic mass is 16.5. The van der Waals surface area contributed by atoms with Crippen molar-refractivity contribution in [1.82, 2.24) is 4.98 Å². The Bertz CT molecular complexity index is 1200. The minimum Gasteiger partial charge on any atom is -0.489 e. The van der Waals surface area contributed by atoms with E-state index >= 15 is 0 Å². The maximum Gasteiger partial charge on any atom is 0.335 e. The van der Waals surface area contributed by atoms with Gasteiger partial charge in [-0.15, -0.1) is 0 Å². The fourth-order valence-electron chi connectivity index (χ4n) is 3.18. The zero-order valence-corrected chi connectivity index (χ0v) is 16.5. The highest BCUT2D eigenvalue weighted by molar-refractivity contribution is 5.88. The average Bonchev–Trinajstić information content (AvgIpc) is 2.77. The Morgan fingerprint density at radius 1 is 0.900 bits per heavy atom. The number of hydrogen-bond donors (Lipinski definition) is 1. The van der Waals surface area contributed by atoms with Gasteiger partial charge in [0.15, 0.2) is 0 Å². The van der Waals surface area contributed by atoms with Crippen LogP contribution in [0.15, 0.2) is 78.9 Å². The fraction of sp³-hybridized carbons (Fsp3) is 0.120. The molecule has 5 heteroatoms. The van der Waals surface area contributed by atoms with E-state index < -0.39 is 5.97 Å². The molecule has 0 aliphatic heterocycles. The molecule has 0 fully saturated rings. The molecule has 30 heavy (non-hydrogen) atoms. The Balaban J connectivity index is 1.39. The molecule has 0 bridgehead atoms. The van der Waals surface area contributed by atoms with Crippen molar-refractivity contribution >= 4 is 16.9 Å². The predicted molar refractivity (Wildman–Crippen MR) is 115 cm³/mol. The monoisotopic (exact) mass is 399 g/mol. The van der Waals surface area contributed by atoms with E-state index in [2.05, 4.69) is 4.98 Å². The summed E-state index contributed by atoms with van der Waals surface area (Å²) in [5.41, 5.74) is 3.80. The summed E-state index contributed by atoms with van der Waals surface area (Å²) in [6.45, 7) is 2.57. The number of nitrogens with zero attached hydrogens (tertiary/aromatic N) is 1. The molecule has 0 unspecified atom stereocenters. The molecule has 0 spiro atoms. The first-order valence-corrected chi connectivity index (χ1v) is 9.62. The van der Waals surface area contributed by atoms with Crippen molar-refractivity contribution in [3.8, 4) is 11.5 Å². The summed E-state index contributed by atoms with van der Waals surface area (Å²) in [5, 5.41) is 10.2. The van der Waals surface area contributed by atoms with E-state index in [9.17, 15) is 4.79 Å². The molecule has 5 nitrogen and oxygen atoms in total. The van der Waals surface area contributed by atoms with Crippen LogP contribution in [0.3, 0.4) is 0 Å². The first-order valence-electron chi connectivity index (χ1n) is 9.62. The quantitative estimate of drug-likeness (QED) is 0.451. The predicted octanol–water partition coefficient (Wildman–Crippen LogP) is 5.40. The summed E-state index contributed by atoms with van der Waals surface area (Å²) >= 11 is 0. The number of pyridine rings is 1. The lowest BCUT2D eigenvalue weighted by molar-refractivity contribution is 0.0696. The molecule has 0 amide bonds. The SMILES string of the molecule is Cc1cc(C(=O)O)ccc1OCc1cccc(OCc2ccc3ccccc3n2)c1. The minimum absolute atomic E-state index is 0.248. The first-order chi connectivity index (χ1) is 14.6. The molecule has 3 aromatic carbocycles. The highest BCUT2D eigenvalue weighted by Crippen LogP contribution is 2.22. The van der Waals surface area contributed by atoms with Crippen LogP contribution in [0, 0.1) is 6.92 Å². The molecule has 0 saturated heterocycles. The van der Waals surface area contributed by atoms with Crippen LogP contribution < -0.4 is 9.47 Å². The van der Waals surface area contributed by atoms with Crippen molar-refractivity contribution in [1.29, 1.82) is 0 Å². The maximum absolute atomic E-state index is 11.1. The third-order valence-corrected chi connectivity index (χ3v) is 4.76. The number of aromatic carboxylic acids is 1. The Labute approximate surface area is 174 Å². The zero-order chi connectivity index (χ0) is 20.9. The minimum atomic E-state index is -0.949. The van der Waals surface area contributed by atoms with Crippen molar-refractivity contribution in [2.24, 2.45) is 0 Å². The lowest BCUT2D eigenvalue weighted by Gasteiger charge is -2.11. The second-order valence-electron chi connectivity index (χ2n) is 7.01. The van der Waals surface area contributed by atoms with Gasteiger partial charge in [-0.1, -0.05) is 36.4 Å². The molecule has 1 aromatic heterocycles. The number of aryl methyl sites for hydroxylation is 1. The average molecular weight is 399 g/mol. The molecule has 1 N–H and O–H groups in total. The van der Waals surface area contributed by atoms with Crippen LogP contribution in [-0.2, 0) is 13.2 Å².